The number of aromatic nitrogens is 1. The molecule has 0 aliphatic carbocycles. The maximum absolute atomic E-state index is 13.7. The molecule has 0 saturated carbocycles. The molecule has 2 aromatic rings. The Morgan fingerprint density at radius 3 is 2.59 bits per heavy atom. The molecule has 0 bridgehead atoms. The topological polar surface area (TPSA) is 90.4 Å². The number of alkyl halides is 3. The van der Waals surface area contributed by atoms with E-state index in [0.29, 0.717) is 26.3 Å². The normalized spacial score (nSPS) is 18.2. The molecule has 0 spiro atoms. The number of anilines is 2. The highest BCUT2D eigenvalue weighted by Gasteiger charge is 2.40. The summed E-state index contributed by atoms with van der Waals surface area (Å²) in [6.45, 7) is 4.97. The van der Waals surface area contributed by atoms with Crippen molar-refractivity contribution in [2.45, 2.75) is 25.6 Å². The fraction of sp³-hybridized carbons (Fsp3) is 0.440. The van der Waals surface area contributed by atoms with Gasteiger partial charge in [-0.15, -0.1) is 0 Å². The molecule has 2 amide bonds. The summed E-state index contributed by atoms with van der Waals surface area (Å²) in [5.41, 5.74) is -0.683. The van der Waals surface area contributed by atoms with Gasteiger partial charge in [0.25, 0.3) is 11.8 Å². The smallest absolute Gasteiger partial charge is 0.379 e. The first-order valence-electron chi connectivity index (χ1n) is 12.2. The van der Waals surface area contributed by atoms with Gasteiger partial charge >= 0.3 is 6.18 Å². The number of nitrogens with zero attached hydrogens (tertiary/aromatic N) is 5. The number of amides is 2. The lowest BCUT2D eigenvalue weighted by molar-refractivity contribution is -0.137. The minimum absolute atomic E-state index is 0.0299. The molecule has 1 fully saturated rings. The standard InChI is InChI=1S/C25H27ClF4N6O3/c1-15-11-16(25(28,29)30)12-22(32-15)36-21(24(38)34(2)17-3-4-19(27)18(26)13-17)14-20(33-36)23(37)31-5-6-35-7-9-39-10-8-35/h3-4,11-13,21H,5-10,14H2,1-2H3,(H,31,37). The predicted octanol–water partition coefficient (Wildman–Crippen LogP) is 3.25. The number of pyridine rings is 1. The fourth-order valence-electron chi connectivity index (χ4n) is 4.28. The average Bonchev–Trinajstić information content (AvgIpc) is 3.35. The van der Waals surface area contributed by atoms with E-state index >= 15 is 0 Å². The van der Waals surface area contributed by atoms with E-state index in [1.165, 1.54) is 31.0 Å². The molecule has 9 nitrogen and oxygen atoms in total. The van der Waals surface area contributed by atoms with Gasteiger partial charge in [-0.3, -0.25) is 14.5 Å². The summed E-state index contributed by atoms with van der Waals surface area (Å²) >= 11 is 5.87. The van der Waals surface area contributed by atoms with Crippen molar-refractivity contribution < 1.29 is 31.9 Å². The van der Waals surface area contributed by atoms with Gasteiger partial charge in [0.05, 0.1) is 23.8 Å². The second-order valence-electron chi connectivity index (χ2n) is 9.17. The molecule has 3 heterocycles. The molecule has 1 aromatic heterocycles. The van der Waals surface area contributed by atoms with Crippen LogP contribution >= 0.6 is 11.6 Å². The monoisotopic (exact) mass is 570 g/mol. The third kappa shape index (κ3) is 6.84. The van der Waals surface area contributed by atoms with Gasteiger partial charge in [-0.1, -0.05) is 11.6 Å². The minimum atomic E-state index is -4.66. The van der Waals surface area contributed by atoms with Gasteiger partial charge in [0.15, 0.2) is 0 Å². The van der Waals surface area contributed by atoms with Crippen molar-refractivity contribution in [3.05, 3.63) is 52.4 Å². The molecule has 0 radical (unpaired) electrons. The van der Waals surface area contributed by atoms with Crippen molar-refractivity contribution in [1.29, 1.82) is 0 Å². The molecule has 1 atom stereocenters. The number of benzene rings is 1. The van der Waals surface area contributed by atoms with Crippen molar-refractivity contribution in [3.8, 4) is 0 Å². The highest BCUT2D eigenvalue weighted by atomic mass is 35.5. The van der Waals surface area contributed by atoms with Crippen molar-refractivity contribution in [3.63, 3.8) is 0 Å². The first-order valence-corrected chi connectivity index (χ1v) is 12.6. The van der Waals surface area contributed by atoms with Crippen LogP contribution in [0.4, 0.5) is 29.1 Å². The van der Waals surface area contributed by atoms with Crippen LogP contribution in [0.3, 0.4) is 0 Å². The SMILES string of the molecule is Cc1cc(C(F)(F)F)cc(N2N=C(C(=O)NCCN3CCOCC3)CC2C(=O)N(C)c2ccc(F)c(Cl)c2)n1. The number of hydrogen-bond acceptors (Lipinski definition) is 7. The Kier molecular flexibility index (Phi) is 8.72. The lowest BCUT2D eigenvalue weighted by Crippen LogP contribution is -2.45. The second-order valence-corrected chi connectivity index (χ2v) is 9.58. The molecule has 1 saturated heterocycles. The summed E-state index contributed by atoms with van der Waals surface area (Å²) in [6.07, 6.45) is -4.84. The van der Waals surface area contributed by atoms with E-state index in [0.717, 1.165) is 36.3 Å². The van der Waals surface area contributed by atoms with Crippen LogP contribution in [0.5, 0.6) is 0 Å². The van der Waals surface area contributed by atoms with Crippen LogP contribution in [-0.2, 0) is 20.5 Å². The Morgan fingerprint density at radius 2 is 1.92 bits per heavy atom. The number of hydrazone groups is 1. The van der Waals surface area contributed by atoms with Crippen molar-refractivity contribution in [2.75, 3.05) is 56.3 Å². The quantitative estimate of drug-likeness (QED) is 0.514. The van der Waals surface area contributed by atoms with Crippen molar-refractivity contribution in [2.24, 2.45) is 5.10 Å². The van der Waals surface area contributed by atoms with Crippen LogP contribution in [0.1, 0.15) is 17.7 Å². The highest BCUT2D eigenvalue weighted by Crippen LogP contribution is 2.34. The van der Waals surface area contributed by atoms with Crippen LogP contribution in [0, 0.1) is 12.7 Å². The van der Waals surface area contributed by atoms with Crippen molar-refractivity contribution in [1.82, 2.24) is 15.2 Å². The van der Waals surface area contributed by atoms with Gasteiger partial charge in [0, 0.05) is 51.0 Å². The molecule has 4 rings (SSSR count). The second kappa shape index (κ2) is 11.8. The van der Waals surface area contributed by atoms with E-state index in [4.69, 9.17) is 16.3 Å². The third-order valence-electron chi connectivity index (χ3n) is 6.40. The number of carbonyl (C=O) groups excluding carboxylic acids is 2. The Balaban J connectivity index is 1.59. The summed E-state index contributed by atoms with van der Waals surface area (Å²) in [5.74, 6) is -2.05. The van der Waals surface area contributed by atoms with E-state index < -0.39 is 35.4 Å². The minimum Gasteiger partial charge on any atom is -0.379 e. The first kappa shape index (κ1) is 28.7. The number of morpholine rings is 1. The summed E-state index contributed by atoms with van der Waals surface area (Å²) in [6, 6.07) is 4.16. The molecule has 2 aliphatic rings. The summed E-state index contributed by atoms with van der Waals surface area (Å²) < 4.78 is 59.6. The zero-order valence-corrected chi connectivity index (χ0v) is 22.0. The van der Waals surface area contributed by atoms with Crippen LogP contribution in [0.15, 0.2) is 35.4 Å². The van der Waals surface area contributed by atoms with Gasteiger partial charge in [-0.2, -0.15) is 18.3 Å². The van der Waals surface area contributed by atoms with Gasteiger partial charge in [-0.25, -0.2) is 14.4 Å². The van der Waals surface area contributed by atoms with Gasteiger partial charge in [0.2, 0.25) is 0 Å². The zero-order chi connectivity index (χ0) is 28.3. The lowest BCUT2D eigenvalue weighted by atomic mass is 10.1. The van der Waals surface area contributed by atoms with Gasteiger partial charge in [0.1, 0.15) is 23.4 Å². The molecule has 39 heavy (non-hydrogen) atoms. The fourth-order valence-corrected chi connectivity index (χ4v) is 4.46. The van der Waals surface area contributed by atoms with E-state index in [1.54, 1.807) is 0 Å². The molecule has 1 N–H and O–H groups in total. The van der Waals surface area contributed by atoms with Gasteiger partial charge < -0.3 is 15.0 Å². The molecule has 14 heteroatoms. The number of carbonyl (C=O) groups is 2. The number of halogens is 5. The number of aryl methyl sites for hydroxylation is 1. The number of hydrogen-bond donors (Lipinski definition) is 1. The number of ether oxygens (including phenoxy) is 1. The molecular formula is C25H27ClF4N6O3. The van der Waals surface area contributed by atoms with E-state index in [1.807, 2.05) is 0 Å². The van der Waals surface area contributed by atoms with E-state index in [9.17, 15) is 27.2 Å². The largest absolute Gasteiger partial charge is 0.416 e. The number of likely N-dealkylation sites (N-methyl/N-ethyl adjacent to an activating group) is 1. The van der Waals surface area contributed by atoms with E-state index in [-0.39, 0.29) is 34.4 Å². The van der Waals surface area contributed by atoms with Crippen LogP contribution < -0.4 is 15.2 Å². The predicted molar refractivity (Wildman–Crippen MR) is 137 cm³/mol. The van der Waals surface area contributed by atoms with Crippen LogP contribution in [-0.4, -0.2) is 79.9 Å². The summed E-state index contributed by atoms with van der Waals surface area (Å²) in [4.78, 5) is 34.0. The highest BCUT2D eigenvalue weighted by molar-refractivity contribution is 6.40. The molecule has 210 valence electrons. The number of rotatable bonds is 7. The molecule has 1 unspecified atom stereocenters. The molecule has 1 aromatic carbocycles. The maximum Gasteiger partial charge on any atom is 0.416 e. The average molecular weight is 571 g/mol. The van der Waals surface area contributed by atoms with Gasteiger partial charge in [-0.05, 0) is 37.3 Å². The zero-order valence-electron chi connectivity index (χ0n) is 21.3. The third-order valence-corrected chi connectivity index (χ3v) is 6.69. The Bertz CT molecular complexity index is 1270. The first-order chi connectivity index (χ1) is 18.4. The number of nitrogens with one attached hydrogen (secondary N) is 1. The van der Waals surface area contributed by atoms with Crippen molar-refractivity contribution >= 4 is 40.6 Å². The van der Waals surface area contributed by atoms with Crippen LogP contribution in [0.2, 0.25) is 5.02 Å². The Morgan fingerprint density at radius 1 is 1.21 bits per heavy atom. The summed E-state index contributed by atoms with van der Waals surface area (Å²) in [5, 5.41) is 7.83. The van der Waals surface area contributed by atoms with E-state index in [2.05, 4.69) is 20.3 Å². The summed E-state index contributed by atoms with van der Waals surface area (Å²) in [7, 11) is 1.41. The Hall–Kier alpha value is -3.29. The molecule has 2 aliphatic heterocycles. The lowest BCUT2D eigenvalue weighted by Gasteiger charge is -2.27. The molecular weight excluding hydrogens is 544 g/mol. The maximum atomic E-state index is 13.7. The van der Waals surface area contributed by atoms with Crippen LogP contribution in [0.25, 0.3) is 0 Å². The Labute approximate surface area is 227 Å².